The zero-order valence-electron chi connectivity index (χ0n) is 24.7. The highest BCUT2D eigenvalue weighted by molar-refractivity contribution is 7.17. The van der Waals surface area contributed by atoms with Crippen molar-refractivity contribution < 1.29 is 13.9 Å². The third-order valence-corrected chi connectivity index (χ3v) is 10.6. The summed E-state index contributed by atoms with van der Waals surface area (Å²) in [4.78, 5) is 32.4. The molecule has 6 heterocycles. The fourth-order valence-electron chi connectivity index (χ4n) is 6.35. The van der Waals surface area contributed by atoms with E-state index < -0.39 is 0 Å². The first-order chi connectivity index (χ1) is 21.4. The molecule has 0 bridgehead atoms. The highest BCUT2D eigenvalue weighted by Crippen LogP contribution is 2.46. The lowest BCUT2D eigenvalue weighted by Crippen LogP contribution is -2.52. The predicted octanol–water partition coefficient (Wildman–Crippen LogP) is 5.04. The number of aryl methyl sites for hydroxylation is 1. The minimum Gasteiger partial charge on any atom is -0.378 e. The monoisotopic (exact) mass is 633 g/mol. The van der Waals surface area contributed by atoms with Crippen molar-refractivity contribution in [2.24, 2.45) is 0 Å². The van der Waals surface area contributed by atoms with E-state index in [0.29, 0.717) is 54.0 Å². The Balaban J connectivity index is 1.20. The average Bonchev–Trinajstić information content (AvgIpc) is 3.86. The first-order valence-electron chi connectivity index (χ1n) is 14.7. The molecule has 2 saturated heterocycles. The Morgan fingerprint density at radius 1 is 1.16 bits per heavy atom. The third-order valence-electron chi connectivity index (χ3n) is 8.59. The van der Waals surface area contributed by atoms with Crippen LogP contribution in [0.25, 0.3) is 16.2 Å². The molecular formula is C30H32FN9O2S2. The molecular weight excluding hydrogens is 602 g/mol. The van der Waals surface area contributed by atoms with Gasteiger partial charge in [0.2, 0.25) is 4.96 Å². The lowest BCUT2D eigenvalue weighted by molar-refractivity contribution is 0.0346. The van der Waals surface area contributed by atoms with Gasteiger partial charge in [0.1, 0.15) is 33.6 Å². The maximum Gasteiger partial charge on any atom is 0.321 e. The number of ether oxygens (including phenoxy) is 1. The molecule has 0 saturated carbocycles. The number of urea groups is 1. The van der Waals surface area contributed by atoms with Crippen molar-refractivity contribution in [3.8, 4) is 17.3 Å². The zero-order chi connectivity index (χ0) is 30.5. The third kappa shape index (κ3) is 4.79. The van der Waals surface area contributed by atoms with Crippen molar-refractivity contribution in [1.29, 1.82) is 5.26 Å². The van der Waals surface area contributed by atoms with Gasteiger partial charge in [0.25, 0.3) is 0 Å². The van der Waals surface area contributed by atoms with E-state index in [4.69, 9.17) is 19.8 Å². The van der Waals surface area contributed by atoms with Crippen LogP contribution in [0.3, 0.4) is 0 Å². The van der Waals surface area contributed by atoms with Crippen LogP contribution in [0.2, 0.25) is 0 Å². The Bertz CT molecular complexity index is 1780. The summed E-state index contributed by atoms with van der Waals surface area (Å²) in [6.07, 6.45) is 4.64. The fourth-order valence-corrected chi connectivity index (χ4v) is 8.24. The number of nitrogens with zero attached hydrogens (tertiary/aromatic N) is 9. The van der Waals surface area contributed by atoms with E-state index in [1.165, 1.54) is 29.2 Å². The molecule has 3 aromatic heterocycles. The van der Waals surface area contributed by atoms with Crippen molar-refractivity contribution in [2.75, 3.05) is 51.8 Å². The molecule has 14 heteroatoms. The molecule has 7 rings (SSSR count). The molecule has 44 heavy (non-hydrogen) atoms. The number of halogens is 1. The number of aromatic nitrogens is 4. The van der Waals surface area contributed by atoms with E-state index in [9.17, 15) is 14.4 Å². The Morgan fingerprint density at radius 3 is 2.66 bits per heavy atom. The fraction of sp³-hybridized carbons (Fsp3) is 0.433. The summed E-state index contributed by atoms with van der Waals surface area (Å²) in [7, 11) is 3.81. The number of rotatable bonds is 6. The Kier molecular flexibility index (Phi) is 7.47. The SMILES string of the molecule is CCc1nc2sc(C3CC(N(C)C(=O)N4CCOCC4)N4CCC=C34)nn2c1N(C)c1nc(-c2ccc(F)cc2)c(C#N)s1. The first kappa shape index (κ1) is 28.7. The van der Waals surface area contributed by atoms with Gasteiger partial charge in [-0.2, -0.15) is 14.9 Å². The topological polar surface area (TPSA) is 106 Å². The minimum atomic E-state index is -0.339. The number of allylic oxidation sites excluding steroid dienone is 1. The zero-order valence-corrected chi connectivity index (χ0v) is 26.4. The van der Waals surface area contributed by atoms with Gasteiger partial charge < -0.3 is 24.3 Å². The van der Waals surface area contributed by atoms with E-state index in [0.717, 1.165) is 40.9 Å². The average molecular weight is 634 g/mol. The molecule has 0 aliphatic carbocycles. The molecule has 2 fully saturated rings. The Hall–Kier alpha value is -4.06. The first-order valence-corrected chi connectivity index (χ1v) is 16.4. The predicted molar refractivity (Wildman–Crippen MR) is 167 cm³/mol. The van der Waals surface area contributed by atoms with Gasteiger partial charge in [-0.1, -0.05) is 35.7 Å². The molecule has 2 amide bonds. The van der Waals surface area contributed by atoms with E-state index in [-0.39, 0.29) is 23.9 Å². The summed E-state index contributed by atoms with van der Waals surface area (Å²) >= 11 is 2.86. The summed E-state index contributed by atoms with van der Waals surface area (Å²) in [5, 5.41) is 16.6. The normalized spacial score (nSPS) is 19.8. The highest BCUT2D eigenvalue weighted by Gasteiger charge is 2.44. The van der Waals surface area contributed by atoms with Gasteiger partial charge in [-0.15, -0.1) is 0 Å². The summed E-state index contributed by atoms with van der Waals surface area (Å²) in [6, 6.07) is 8.31. The second-order valence-corrected chi connectivity index (χ2v) is 13.1. The summed E-state index contributed by atoms with van der Waals surface area (Å²) in [5.41, 5.74) is 3.32. The largest absolute Gasteiger partial charge is 0.378 e. The number of imidazole rings is 1. The number of carbonyl (C=O) groups excluding carboxylic acids is 1. The number of anilines is 2. The number of hydrogen-bond acceptors (Lipinski definition) is 10. The maximum atomic E-state index is 13.6. The molecule has 11 nitrogen and oxygen atoms in total. The molecule has 0 N–H and O–H groups in total. The van der Waals surface area contributed by atoms with E-state index in [2.05, 4.69) is 24.0 Å². The van der Waals surface area contributed by atoms with Crippen LogP contribution < -0.4 is 4.90 Å². The maximum absolute atomic E-state index is 13.6. The Labute approximate surface area is 262 Å². The summed E-state index contributed by atoms with van der Waals surface area (Å²) < 4.78 is 20.9. The van der Waals surface area contributed by atoms with E-state index in [1.807, 2.05) is 33.3 Å². The van der Waals surface area contributed by atoms with Gasteiger partial charge in [0.15, 0.2) is 10.9 Å². The van der Waals surface area contributed by atoms with Crippen molar-refractivity contribution in [1.82, 2.24) is 34.3 Å². The van der Waals surface area contributed by atoms with Gasteiger partial charge in [-0.3, -0.25) is 0 Å². The smallest absolute Gasteiger partial charge is 0.321 e. The van der Waals surface area contributed by atoms with Crippen molar-refractivity contribution in [3.63, 3.8) is 0 Å². The van der Waals surface area contributed by atoms with Crippen LogP contribution in [-0.2, 0) is 11.2 Å². The standard InChI is InChI=1S/C30H32FN9O2S2/c1-4-21-27(37(3)28-34-25(23(17-32)43-28)18-7-9-19(31)10-8-18)40-29(33-21)44-26(35-40)20-16-24(39-11-5-6-22(20)39)36(2)30(41)38-12-14-42-15-13-38/h6-10,20,24H,4-5,11-16H2,1-3H3. The number of carbonyl (C=O) groups is 1. The number of amides is 2. The molecule has 228 valence electrons. The molecule has 3 aliphatic heterocycles. The number of morpholine rings is 1. The van der Waals surface area contributed by atoms with Crippen LogP contribution in [0, 0.1) is 17.1 Å². The second kappa shape index (κ2) is 11.5. The minimum absolute atomic E-state index is 0.0378. The lowest BCUT2D eigenvalue weighted by atomic mass is 10.1. The van der Waals surface area contributed by atoms with Gasteiger partial charge in [-0.05, 0) is 37.1 Å². The number of benzene rings is 1. The number of nitriles is 1. The van der Waals surface area contributed by atoms with Crippen LogP contribution in [0.5, 0.6) is 0 Å². The molecule has 4 aromatic rings. The van der Waals surface area contributed by atoms with Gasteiger partial charge in [-0.25, -0.2) is 19.2 Å². The van der Waals surface area contributed by atoms with E-state index >= 15 is 0 Å². The van der Waals surface area contributed by atoms with Gasteiger partial charge in [0, 0.05) is 51.4 Å². The molecule has 2 unspecified atom stereocenters. The summed E-state index contributed by atoms with van der Waals surface area (Å²) in [5.74, 6) is 0.529. The highest BCUT2D eigenvalue weighted by atomic mass is 32.1. The van der Waals surface area contributed by atoms with Crippen molar-refractivity contribution in [2.45, 2.75) is 38.3 Å². The molecule has 2 atom stereocenters. The van der Waals surface area contributed by atoms with Crippen LogP contribution in [-0.4, -0.2) is 93.4 Å². The molecule has 0 spiro atoms. The second-order valence-electron chi connectivity index (χ2n) is 11.1. The lowest BCUT2D eigenvalue weighted by Gasteiger charge is -2.37. The molecule has 3 aliphatic rings. The number of fused-ring (bicyclic) bond motifs is 2. The van der Waals surface area contributed by atoms with Gasteiger partial charge >= 0.3 is 6.03 Å². The quantitative estimate of drug-likeness (QED) is 0.291. The Morgan fingerprint density at radius 2 is 1.93 bits per heavy atom. The van der Waals surface area contributed by atoms with Crippen molar-refractivity contribution in [3.05, 3.63) is 57.4 Å². The molecule has 0 radical (unpaired) electrons. The van der Waals surface area contributed by atoms with Crippen LogP contribution in [0.15, 0.2) is 36.0 Å². The van der Waals surface area contributed by atoms with Crippen LogP contribution in [0.4, 0.5) is 20.1 Å². The molecule has 1 aromatic carbocycles. The number of thiazole rings is 1. The number of hydrogen-bond donors (Lipinski definition) is 0. The summed E-state index contributed by atoms with van der Waals surface area (Å²) in [6.45, 7) is 5.31. The van der Waals surface area contributed by atoms with Gasteiger partial charge in [0.05, 0.1) is 24.8 Å². The van der Waals surface area contributed by atoms with Crippen LogP contribution in [0.1, 0.15) is 41.3 Å². The van der Waals surface area contributed by atoms with Crippen LogP contribution >= 0.6 is 22.7 Å². The van der Waals surface area contributed by atoms with Crippen molar-refractivity contribution >= 4 is 44.6 Å². The van der Waals surface area contributed by atoms with E-state index in [1.54, 1.807) is 23.5 Å².